The second kappa shape index (κ2) is 4.79. The van der Waals surface area contributed by atoms with E-state index in [-0.39, 0.29) is 5.41 Å². The Balaban J connectivity index is 1.97. The van der Waals surface area contributed by atoms with Gasteiger partial charge in [0.15, 0.2) is 0 Å². The third-order valence-electron chi connectivity index (χ3n) is 4.55. The summed E-state index contributed by atoms with van der Waals surface area (Å²) in [5.74, 6) is 0. The number of halogens is 1. The molecule has 1 aliphatic carbocycles. The molecule has 0 bridgehead atoms. The van der Waals surface area contributed by atoms with E-state index in [1.54, 1.807) is 0 Å². The van der Waals surface area contributed by atoms with Crippen LogP contribution in [0.3, 0.4) is 0 Å². The molecule has 0 N–H and O–H groups in total. The molecular weight excluding hydrogens is 334 g/mol. The minimum absolute atomic E-state index is 0.00752. The Bertz CT molecular complexity index is 866. The van der Waals surface area contributed by atoms with Gasteiger partial charge in [-0.2, -0.15) is 0 Å². The van der Waals surface area contributed by atoms with Crippen LogP contribution in [0.25, 0.3) is 22.5 Å². The predicted octanol–water partition coefficient (Wildman–Crippen LogP) is 5.82. The summed E-state index contributed by atoms with van der Waals surface area (Å²) >= 11 is 3.59. The first-order chi connectivity index (χ1) is 10.6. The zero-order valence-electron chi connectivity index (χ0n) is 12.6. The van der Waals surface area contributed by atoms with Crippen molar-refractivity contribution in [2.45, 2.75) is 19.3 Å². The lowest BCUT2D eigenvalue weighted by atomic mass is 9.83. The van der Waals surface area contributed by atoms with Crippen LogP contribution >= 0.6 is 15.9 Å². The van der Waals surface area contributed by atoms with Crippen LogP contribution in [0.15, 0.2) is 65.1 Å². The molecular formula is C20H16BrN. The maximum Gasteiger partial charge on any atom is 0.0753 e. The summed E-state index contributed by atoms with van der Waals surface area (Å²) in [6.45, 7) is 4.55. The molecule has 1 nitrogen and oxygen atoms in total. The highest BCUT2D eigenvalue weighted by Gasteiger charge is 2.36. The molecule has 0 saturated heterocycles. The molecule has 0 unspecified atom stereocenters. The molecule has 0 atom stereocenters. The molecule has 0 radical (unpaired) electrons. The Kier molecular flexibility index (Phi) is 2.98. The SMILES string of the molecule is CC1(C)c2ccc(Br)cc2-c2nc(-c3ccccc3)ccc21. The monoisotopic (exact) mass is 349 g/mol. The summed E-state index contributed by atoms with van der Waals surface area (Å²) in [5, 5.41) is 0. The lowest BCUT2D eigenvalue weighted by Crippen LogP contribution is -2.14. The van der Waals surface area contributed by atoms with Gasteiger partial charge in [-0.3, -0.25) is 0 Å². The standard InChI is InChI=1S/C20H16BrN/c1-20(2)16-9-8-14(21)12-15(16)19-17(20)10-11-18(22-19)13-6-4-3-5-7-13/h3-12H,1-2H3. The normalized spacial score (nSPS) is 14.5. The second-order valence-corrected chi connectivity index (χ2v) is 7.19. The fourth-order valence-corrected chi connectivity index (χ4v) is 3.70. The van der Waals surface area contributed by atoms with E-state index in [2.05, 4.69) is 84.4 Å². The third kappa shape index (κ3) is 1.94. The summed E-state index contributed by atoms with van der Waals surface area (Å²) in [6, 6.07) is 21.2. The van der Waals surface area contributed by atoms with Crippen LogP contribution in [0.1, 0.15) is 25.0 Å². The fourth-order valence-electron chi connectivity index (χ4n) is 3.34. The van der Waals surface area contributed by atoms with Crippen molar-refractivity contribution in [3.8, 4) is 22.5 Å². The summed E-state index contributed by atoms with van der Waals surface area (Å²) < 4.78 is 1.10. The quantitative estimate of drug-likeness (QED) is 0.539. The molecule has 108 valence electrons. The van der Waals surface area contributed by atoms with E-state index in [0.717, 1.165) is 21.4 Å². The maximum atomic E-state index is 4.98. The average molecular weight is 350 g/mol. The lowest BCUT2D eigenvalue weighted by molar-refractivity contribution is 0.659. The highest BCUT2D eigenvalue weighted by molar-refractivity contribution is 9.10. The number of aromatic nitrogens is 1. The molecule has 1 heterocycles. The fraction of sp³-hybridized carbons (Fsp3) is 0.150. The Morgan fingerprint density at radius 2 is 1.59 bits per heavy atom. The van der Waals surface area contributed by atoms with Gasteiger partial charge in [-0.1, -0.05) is 72.2 Å². The van der Waals surface area contributed by atoms with E-state index in [0.29, 0.717) is 0 Å². The zero-order valence-corrected chi connectivity index (χ0v) is 14.2. The zero-order chi connectivity index (χ0) is 15.3. The molecule has 0 fully saturated rings. The van der Waals surface area contributed by atoms with Gasteiger partial charge in [0.05, 0.1) is 11.4 Å². The van der Waals surface area contributed by atoms with E-state index in [9.17, 15) is 0 Å². The molecule has 0 saturated carbocycles. The molecule has 3 aromatic rings. The number of nitrogens with zero attached hydrogens (tertiary/aromatic N) is 1. The van der Waals surface area contributed by atoms with Crippen molar-refractivity contribution in [1.29, 1.82) is 0 Å². The van der Waals surface area contributed by atoms with Crippen molar-refractivity contribution in [1.82, 2.24) is 4.98 Å². The van der Waals surface area contributed by atoms with Crippen molar-refractivity contribution < 1.29 is 0 Å². The highest BCUT2D eigenvalue weighted by Crippen LogP contribution is 2.48. The van der Waals surface area contributed by atoms with E-state index in [4.69, 9.17) is 4.98 Å². The van der Waals surface area contributed by atoms with Gasteiger partial charge < -0.3 is 0 Å². The average Bonchev–Trinajstić information content (AvgIpc) is 2.75. The van der Waals surface area contributed by atoms with E-state index in [1.807, 2.05) is 6.07 Å². The first-order valence-corrected chi connectivity index (χ1v) is 8.24. The molecule has 0 amide bonds. The smallest absolute Gasteiger partial charge is 0.0753 e. The van der Waals surface area contributed by atoms with E-state index in [1.165, 1.54) is 16.7 Å². The second-order valence-electron chi connectivity index (χ2n) is 6.27. The molecule has 2 heteroatoms. The lowest BCUT2D eigenvalue weighted by Gasteiger charge is -2.21. The van der Waals surface area contributed by atoms with Gasteiger partial charge in [-0.05, 0) is 29.3 Å². The highest BCUT2D eigenvalue weighted by atomic mass is 79.9. The Morgan fingerprint density at radius 1 is 0.864 bits per heavy atom. The van der Waals surface area contributed by atoms with Crippen molar-refractivity contribution >= 4 is 15.9 Å². The maximum absolute atomic E-state index is 4.98. The Hall–Kier alpha value is -1.93. The van der Waals surface area contributed by atoms with Gasteiger partial charge in [0, 0.05) is 21.0 Å². The Morgan fingerprint density at radius 3 is 2.36 bits per heavy atom. The first-order valence-electron chi connectivity index (χ1n) is 7.45. The number of hydrogen-bond acceptors (Lipinski definition) is 1. The third-order valence-corrected chi connectivity index (χ3v) is 5.04. The number of fused-ring (bicyclic) bond motifs is 3. The molecule has 1 aliphatic rings. The number of hydrogen-bond donors (Lipinski definition) is 0. The summed E-state index contributed by atoms with van der Waals surface area (Å²) in [4.78, 5) is 4.98. The van der Waals surface area contributed by atoms with Crippen LogP contribution in [0.2, 0.25) is 0 Å². The van der Waals surface area contributed by atoms with Crippen molar-refractivity contribution in [3.63, 3.8) is 0 Å². The van der Waals surface area contributed by atoms with Gasteiger partial charge in [0.1, 0.15) is 0 Å². The van der Waals surface area contributed by atoms with Crippen LogP contribution < -0.4 is 0 Å². The largest absolute Gasteiger partial charge is 0.247 e. The van der Waals surface area contributed by atoms with Gasteiger partial charge in [0.25, 0.3) is 0 Å². The van der Waals surface area contributed by atoms with Crippen LogP contribution in [-0.2, 0) is 5.41 Å². The molecule has 0 spiro atoms. The van der Waals surface area contributed by atoms with E-state index >= 15 is 0 Å². The van der Waals surface area contributed by atoms with Crippen molar-refractivity contribution in [2.75, 3.05) is 0 Å². The molecule has 4 rings (SSSR count). The van der Waals surface area contributed by atoms with Gasteiger partial charge in [-0.15, -0.1) is 0 Å². The van der Waals surface area contributed by atoms with Crippen LogP contribution in [0.5, 0.6) is 0 Å². The van der Waals surface area contributed by atoms with Gasteiger partial charge in [0.2, 0.25) is 0 Å². The summed E-state index contributed by atoms with van der Waals surface area (Å²) in [5.41, 5.74) is 7.21. The predicted molar refractivity (Wildman–Crippen MR) is 94.9 cm³/mol. The molecule has 1 aromatic heterocycles. The molecule has 2 aromatic carbocycles. The summed E-state index contributed by atoms with van der Waals surface area (Å²) in [6.07, 6.45) is 0. The van der Waals surface area contributed by atoms with Crippen molar-refractivity contribution in [3.05, 3.63) is 76.3 Å². The number of benzene rings is 2. The first kappa shape index (κ1) is 13.7. The minimum Gasteiger partial charge on any atom is -0.247 e. The molecule has 22 heavy (non-hydrogen) atoms. The minimum atomic E-state index is 0.00752. The summed E-state index contributed by atoms with van der Waals surface area (Å²) in [7, 11) is 0. The molecule has 0 aliphatic heterocycles. The van der Waals surface area contributed by atoms with Gasteiger partial charge in [-0.25, -0.2) is 4.98 Å². The van der Waals surface area contributed by atoms with Crippen LogP contribution in [-0.4, -0.2) is 4.98 Å². The van der Waals surface area contributed by atoms with Crippen LogP contribution in [0.4, 0.5) is 0 Å². The number of rotatable bonds is 1. The van der Waals surface area contributed by atoms with Crippen LogP contribution in [0, 0.1) is 0 Å². The van der Waals surface area contributed by atoms with Gasteiger partial charge >= 0.3 is 0 Å². The Labute approximate surface area is 139 Å². The number of pyridine rings is 1. The van der Waals surface area contributed by atoms with E-state index < -0.39 is 0 Å². The topological polar surface area (TPSA) is 12.9 Å². The van der Waals surface area contributed by atoms with Crippen molar-refractivity contribution in [2.24, 2.45) is 0 Å².